The molecule has 0 atom stereocenters. The first-order valence-corrected chi connectivity index (χ1v) is 11.8. The van der Waals surface area contributed by atoms with E-state index in [0.29, 0.717) is 28.2 Å². The molecule has 1 aliphatic rings. The third-order valence-electron chi connectivity index (χ3n) is 6.07. The lowest BCUT2D eigenvalue weighted by molar-refractivity contribution is -0.112. The van der Waals surface area contributed by atoms with Gasteiger partial charge in [-0.2, -0.15) is 4.98 Å². The zero-order valence-corrected chi connectivity index (χ0v) is 19.9. The maximum Gasteiger partial charge on any atom is 0.259 e. The fourth-order valence-corrected chi connectivity index (χ4v) is 4.47. The van der Waals surface area contributed by atoms with Crippen LogP contribution in [-0.4, -0.2) is 50.5 Å². The maximum absolute atomic E-state index is 11.0. The maximum atomic E-state index is 11.0. The van der Waals surface area contributed by atoms with E-state index in [9.17, 15) is 4.79 Å². The summed E-state index contributed by atoms with van der Waals surface area (Å²) in [4.78, 5) is 25.6. The number of nitrogens with one attached hydrogen (secondary N) is 1. The van der Waals surface area contributed by atoms with Crippen LogP contribution in [0.2, 0.25) is 5.02 Å². The van der Waals surface area contributed by atoms with Crippen LogP contribution >= 0.6 is 11.6 Å². The second kappa shape index (κ2) is 9.56. The molecule has 1 N–H and O–H groups in total. The van der Waals surface area contributed by atoms with E-state index in [4.69, 9.17) is 20.9 Å². The molecule has 5 rings (SSSR count). The number of carbonyl (C=O) groups excluding carboxylic acids is 1. The Morgan fingerprint density at radius 1 is 1.26 bits per heavy atom. The van der Waals surface area contributed by atoms with Crippen LogP contribution in [0.15, 0.2) is 41.2 Å². The smallest absolute Gasteiger partial charge is 0.259 e. The van der Waals surface area contributed by atoms with E-state index in [-0.39, 0.29) is 12.0 Å². The topological polar surface area (TPSA) is 97.1 Å². The second-order valence-corrected chi connectivity index (χ2v) is 9.33. The highest BCUT2D eigenvalue weighted by Gasteiger charge is 2.20. The number of hydrogen-bond donors (Lipinski definition) is 1. The van der Waals surface area contributed by atoms with E-state index in [0.717, 1.165) is 49.8 Å². The summed E-state index contributed by atoms with van der Waals surface area (Å²) in [5.41, 5.74) is 3.73. The van der Waals surface area contributed by atoms with E-state index < -0.39 is 0 Å². The van der Waals surface area contributed by atoms with Crippen molar-refractivity contribution in [2.45, 2.75) is 39.3 Å². The molecule has 4 heterocycles. The summed E-state index contributed by atoms with van der Waals surface area (Å²) >= 11 is 6.30. The van der Waals surface area contributed by atoms with Gasteiger partial charge in [-0.1, -0.05) is 28.9 Å². The van der Waals surface area contributed by atoms with E-state index in [2.05, 4.69) is 37.3 Å². The van der Waals surface area contributed by atoms with Gasteiger partial charge in [0.15, 0.2) is 0 Å². The molecular formula is C25H26ClN5O3. The number of benzene rings is 1. The van der Waals surface area contributed by atoms with Crippen LogP contribution in [0.1, 0.15) is 32.3 Å². The van der Waals surface area contributed by atoms with E-state index >= 15 is 0 Å². The molecule has 0 saturated carbocycles. The van der Waals surface area contributed by atoms with Crippen molar-refractivity contribution in [1.29, 1.82) is 0 Å². The Bertz CT molecular complexity index is 1310. The number of aromatic nitrogens is 4. The number of pyridine rings is 1. The highest BCUT2D eigenvalue weighted by atomic mass is 35.5. The van der Waals surface area contributed by atoms with Gasteiger partial charge in [0.1, 0.15) is 11.3 Å². The van der Waals surface area contributed by atoms with Gasteiger partial charge in [-0.3, -0.25) is 4.90 Å². The zero-order valence-electron chi connectivity index (χ0n) is 19.1. The number of piperidine rings is 1. The fraction of sp³-hybridized carbons (Fsp3) is 0.360. The standard InChI is InChI=1S/C25H26ClN5O3/c1-15(2)33-25-21(26)9-18(11-28-25)24-29-23(30-34-24)17-3-4-20-19(12-27-22(20)10-17)13-31-7-5-16(14-32)6-8-31/h3-4,9-12,14-16,27H,5-8,13H2,1-2H3. The number of H-pyrrole nitrogens is 1. The molecule has 4 aromatic rings. The third kappa shape index (κ3) is 4.69. The molecule has 9 heteroatoms. The Morgan fingerprint density at radius 2 is 2.09 bits per heavy atom. The van der Waals surface area contributed by atoms with Crippen molar-refractivity contribution in [3.63, 3.8) is 0 Å². The van der Waals surface area contributed by atoms with Crippen molar-refractivity contribution in [2.75, 3.05) is 13.1 Å². The van der Waals surface area contributed by atoms with Gasteiger partial charge < -0.3 is 19.0 Å². The first-order chi connectivity index (χ1) is 16.5. The molecule has 0 bridgehead atoms. The van der Waals surface area contributed by atoms with Gasteiger partial charge in [-0.15, -0.1) is 0 Å². The molecule has 34 heavy (non-hydrogen) atoms. The second-order valence-electron chi connectivity index (χ2n) is 8.92. The fourth-order valence-electron chi connectivity index (χ4n) is 4.25. The summed E-state index contributed by atoms with van der Waals surface area (Å²) in [5, 5.41) is 5.71. The highest BCUT2D eigenvalue weighted by molar-refractivity contribution is 6.32. The minimum Gasteiger partial charge on any atom is -0.474 e. The number of aldehydes is 1. The average molecular weight is 480 g/mol. The molecular weight excluding hydrogens is 454 g/mol. The monoisotopic (exact) mass is 479 g/mol. The summed E-state index contributed by atoms with van der Waals surface area (Å²) in [6.07, 6.45) is 6.60. The Labute approximate surface area is 202 Å². The van der Waals surface area contributed by atoms with Crippen LogP contribution in [0.5, 0.6) is 5.88 Å². The van der Waals surface area contributed by atoms with Crippen LogP contribution in [0.3, 0.4) is 0 Å². The van der Waals surface area contributed by atoms with Gasteiger partial charge in [0.2, 0.25) is 11.7 Å². The summed E-state index contributed by atoms with van der Waals surface area (Å²) in [5.74, 6) is 1.41. The molecule has 1 fully saturated rings. The summed E-state index contributed by atoms with van der Waals surface area (Å²) in [7, 11) is 0. The van der Waals surface area contributed by atoms with Crippen LogP contribution in [0.25, 0.3) is 33.7 Å². The molecule has 0 spiro atoms. The molecule has 176 valence electrons. The van der Waals surface area contributed by atoms with Crippen molar-refractivity contribution < 1.29 is 14.1 Å². The molecule has 0 unspecified atom stereocenters. The van der Waals surface area contributed by atoms with Gasteiger partial charge in [0, 0.05) is 41.3 Å². The van der Waals surface area contributed by atoms with E-state index in [1.54, 1.807) is 12.3 Å². The van der Waals surface area contributed by atoms with Crippen molar-refractivity contribution in [1.82, 2.24) is 25.0 Å². The minimum atomic E-state index is -0.0241. The minimum absolute atomic E-state index is 0.0241. The number of rotatable bonds is 7. The first kappa shape index (κ1) is 22.6. The van der Waals surface area contributed by atoms with Gasteiger partial charge in [0.05, 0.1) is 11.7 Å². The quantitative estimate of drug-likeness (QED) is 0.367. The van der Waals surface area contributed by atoms with Gasteiger partial charge in [0.25, 0.3) is 5.89 Å². The van der Waals surface area contributed by atoms with Crippen molar-refractivity contribution in [3.8, 4) is 28.7 Å². The number of halogens is 1. The molecule has 0 aliphatic carbocycles. The van der Waals surface area contributed by atoms with Crippen molar-refractivity contribution >= 4 is 28.8 Å². The van der Waals surface area contributed by atoms with E-state index in [1.165, 1.54) is 10.9 Å². The van der Waals surface area contributed by atoms with Gasteiger partial charge in [-0.25, -0.2) is 4.98 Å². The highest BCUT2D eigenvalue weighted by Crippen LogP contribution is 2.30. The van der Waals surface area contributed by atoms with Crippen LogP contribution in [0.4, 0.5) is 0 Å². The molecule has 1 saturated heterocycles. The molecule has 0 amide bonds. The Hall–Kier alpha value is -3.23. The number of aromatic amines is 1. The number of carbonyl (C=O) groups is 1. The predicted molar refractivity (Wildman–Crippen MR) is 130 cm³/mol. The van der Waals surface area contributed by atoms with Crippen LogP contribution in [-0.2, 0) is 11.3 Å². The average Bonchev–Trinajstić information content (AvgIpc) is 3.48. The normalized spacial score (nSPS) is 15.3. The summed E-state index contributed by atoms with van der Waals surface area (Å²) < 4.78 is 11.1. The van der Waals surface area contributed by atoms with Crippen LogP contribution < -0.4 is 4.74 Å². The third-order valence-corrected chi connectivity index (χ3v) is 6.34. The van der Waals surface area contributed by atoms with Gasteiger partial charge >= 0.3 is 0 Å². The first-order valence-electron chi connectivity index (χ1n) is 11.4. The van der Waals surface area contributed by atoms with Crippen LogP contribution in [0, 0.1) is 5.92 Å². The van der Waals surface area contributed by atoms with Gasteiger partial charge in [-0.05, 0) is 57.5 Å². The summed E-state index contributed by atoms with van der Waals surface area (Å²) in [6, 6.07) is 7.82. The predicted octanol–water partition coefficient (Wildman–Crippen LogP) is 5.13. The summed E-state index contributed by atoms with van der Waals surface area (Å²) in [6.45, 7) is 6.59. The molecule has 8 nitrogen and oxygen atoms in total. The number of likely N-dealkylation sites (tertiary alicyclic amines) is 1. The molecule has 1 aromatic carbocycles. The zero-order chi connectivity index (χ0) is 23.7. The van der Waals surface area contributed by atoms with Crippen molar-refractivity contribution in [2.24, 2.45) is 5.92 Å². The Balaban J connectivity index is 1.33. The van der Waals surface area contributed by atoms with E-state index in [1.807, 2.05) is 26.0 Å². The lowest BCUT2D eigenvalue weighted by Gasteiger charge is -2.29. The molecule has 1 aliphatic heterocycles. The van der Waals surface area contributed by atoms with Crippen molar-refractivity contribution in [3.05, 3.63) is 47.2 Å². The Kier molecular flexibility index (Phi) is 6.34. The number of hydrogen-bond acceptors (Lipinski definition) is 7. The number of fused-ring (bicyclic) bond motifs is 1. The SMILES string of the molecule is CC(C)Oc1ncc(-c2nc(-c3ccc4c(CN5CCC(C=O)CC5)c[nH]c4c3)no2)cc1Cl. The largest absolute Gasteiger partial charge is 0.474 e. The number of nitrogens with zero attached hydrogens (tertiary/aromatic N) is 4. The lowest BCUT2D eigenvalue weighted by Crippen LogP contribution is -2.33. The Morgan fingerprint density at radius 3 is 2.82 bits per heavy atom. The lowest BCUT2D eigenvalue weighted by atomic mass is 9.98. The number of ether oxygens (including phenoxy) is 1. The molecule has 3 aromatic heterocycles. The molecule has 0 radical (unpaired) electrons.